The number of nitrogens with one attached hydrogen (secondary N) is 2. The van der Waals surface area contributed by atoms with Crippen molar-refractivity contribution in [2.45, 2.75) is 10.4 Å². The Hall–Kier alpha value is -2.75. The zero-order valence-corrected chi connectivity index (χ0v) is 18.3. The fourth-order valence-corrected chi connectivity index (χ4v) is 4.85. The Morgan fingerprint density at radius 3 is 2.87 bits per heavy atom. The van der Waals surface area contributed by atoms with Crippen LogP contribution in [0.5, 0.6) is 5.75 Å². The van der Waals surface area contributed by atoms with Crippen molar-refractivity contribution < 1.29 is 9.84 Å². The van der Waals surface area contributed by atoms with Gasteiger partial charge in [-0.3, -0.25) is 0 Å². The maximum Gasteiger partial charge on any atom is 0.213 e. The molecule has 0 saturated carbocycles. The molecule has 2 heterocycles. The molecule has 0 fully saturated rings. The quantitative estimate of drug-likeness (QED) is 0.333. The van der Waals surface area contributed by atoms with Crippen LogP contribution in [0.2, 0.25) is 0 Å². The van der Waals surface area contributed by atoms with Crippen LogP contribution in [0, 0.1) is 0 Å². The van der Waals surface area contributed by atoms with E-state index in [0.717, 1.165) is 37.5 Å². The summed E-state index contributed by atoms with van der Waals surface area (Å²) in [6.07, 6.45) is 1.45. The minimum atomic E-state index is -0.529. The molecule has 0 radical (unpaired) electrons. The molecule has 0 aliphatic rings. The number of benzene rings is 2. The van der Waals surface area contributed by atoms with Gasteiger partial charge in [0.15, 0.2) is 4.34 Å². The molecule has 0 bridgehead atoms. The molecule has 9 heteroatoms. The van der Waals surface area contributed by atoms with Crippen LogP contribution in [-0.2, 0) is 0 Å². The van der Waals surface area contributed by atoms with Gasteiger partial charge in [0.05, 0.1) is 24.6 Å². The highest BCUT2D eigenvalue weighted by molar-refractivity contribution is 8.01. The number of aromatic nitrogens is 3. The lowest BCUT2D eigenvalue weighted by Crippen LogP contribution is -2.22. The molecule has 0 amide bonds. The van der Waals surface area contributed by atoms with Gasteiger partial charge in [0.2, 0.25) is 5.13 Å². The third-order valence-electron chi connectivity index (χ3n) is 4.65. The average molecular weight is 442 g/mol. The molecule has 30 heavy (non-hydrogen) atoms. The van der Waals surface area contributed by atoms with Gasteiger partial charge in [-0.1, -0.05) is 53.4 Å². The van der Waals surface area contributed by atoms with Gasteiger partial charge in [-0.15, -0.1) is 10.2 Å². The monoisotopic (exact) mass is 441 g/mol. The van der Waals surface area contributed by atoms with E-state index in [1.807, 2.05) is 54.5 Å². The SMILES string of the molecule is COc1ccccc1NCC(O)CSc1nnc(N(C)c2c[nH]c3ccccc23)s1. The van der Waals surface area contributed by atoms with E-state index in [1.165, 1.54) is 23.1 Å². The number of hydrogen-bond donors (Lipinski definition) is 3. The zero-order chi connectivity index (χ0) is 20.9. The Morgan fingerprint density at radius 2 is 2.00 bits per heavy atom. The Kier molecular flexibility index (Phi) is 6.41. The van der Waals surface area contributed by atoms with Crippen LogP contribution in [0.1, 0.15) is 0 Å². The third-order valence-corrected chi connectivity index (χ3v) is 6.92. The summed E-state index contributed by atoms with van der Waals surface area (Å²) in [5.74, 6) is 1.28. The first kappa shape index (κ1) is 20.5. The number of fused-ring (bicyclic) bond motifs is 1. The standard InChI is InChI=1S/C21H23N5O2S2/c1-26(18-12-23-16-8-4-3-7-15(16)18)20-24-25-21(30-20)29-13-14(27)11-22-17-9-5-6-10-19(17)28-2/h3-10,12,14,22-23,27H,11,13H2,1-2H3. The van der Waals surface area contributed by atoms with Crippen molar-refractivity contribution in [3.63, 3.8) is 0 Å². The highest BCUT2D eigenvalue weighted by Gasteiger charge is 2.15. The summed E-state index contributed by atoms with van der Waals surface area (Å²) in [7, 11) is 3.61. The number of ether oxygens (including phenoxy) is 1. The van der Waals surface area contributed by atoms with Crippen molar-refractivity contribution >= 4 is 50.5 Å². The average Bonchev–Trinajstić information content (AvgIpc) is 3.43. The molecule has 1 atom stereocenters. The van der Waals surface area contributed by atoms with Gasteiger partial charge in [0, 0.05) is 36.4 Å². The van der Waals surface area contributed by atoms with Gasteiger partial charge in [-0.2, -0.15) is 0 Å². The molecular weight excluding hydrogens is 418 g/mol. The van der Waals surface area contributed by atoms with Crippen molar-refractivity contribution in [3.8, 4) is 5.75 Å². The fourth-order valence-electron chi connectivity index (χ4n) is 3.08. The number of methoxy groups -OCH3 is 1. The summed E-state index contributed by atoms with van der Waals surface area (Å²) in [5.41, 5.74) is 3.01. The second kappa shape index (κ2) is 9.38. The predicted molar refractivity (Wildman–Crippen MR) is 124 cm³/mol. The molecule has 0 aliphatic carbocycles. The van der Waals surface area contributed by atoms with Gasteiger partial charge in [-0.05, 0) is 18.2 Å². The highest BCUT2D eigenvalue weighted by Crippen LogP contribution is 2.35. The first-order chi connectivity index (χ1) is 14.7. The number of nitrogens with zero attached hydrogens (tertiary/aromatic N) is 3. The van der Waals surface area contributed by atoms with Crippen LogP contribution < -0.4 is 15.0 Å². The lowest BCUT2D eigenvalue weighted by molar-refractivity contribution is 0.213. The van der Waals surface area contributed by atoms with Gasteiger partial charge >= 0.3 is 0 Å². The number of aromatic amines is 1. The lowest BCUT2D eigenvalue weighted by atomic mass is 10.2. The van der Waals surface area contributed by atoms with Gasteiger partial charge in [0.25, 0.3) is 0 Å². The second-order valence-corrected chi connectivity index (χ2v) is 8.90. The normalized spacial score (nSPS) is 12.1. The van der Waals surface area contributed by atoms with Gasteiger partial charge in [0.1, 0.15) is 5.75 Å². The maximum atomic E-state index is 10.3. The molecule has 1 unspecified atom stereocenters. The van der Waals surface area contributed by atoms with Crippen molar-refractivity contribution in [1.29, 1.82) is 0 Å². The predicted octanol–water partition coefficient (Wildman–Crippen LogP) is 4.36. The number of H-pyrrole nitrogens is 1. The molecule has 2 aromatic carbocycles. The highest BCUT2D eigenvalue weighted by atomic mass is 32.2. The molecule has 4 aromatic rings. The van der Waals surface area contributed by atoms with Crippen molar-refractivity contribution in [3.05, 3.63) is 54.7 Å². The fraction of sp³-hybridized carbons (Fsp3) is 0.238. The molecule has 0 spiro atoms. The van der Waals surface area contributed by atoms with E-state index in [2.05, 4.69) is 32.6 Å². The van der Waals surface area contributed by atoms with Crippen molar-refractivity contribution in [2.75, 3.05) is 36.7 Å². The minimum absolute atomic E-state index is 0.425. The first-order valence-electron chi connectivity index (χ1n) is 9.47. The number of hydrogen-bond acceptors (Lipinski definition) is 8. The van der Waals surface area contributed by atoms with E-state index in [1.54, 1.807) is 7.11 Å². The van der Waals surface area contributed by atoms with Crippen LogP contribution in [-0.4, -0.2) is 52.8 Å². The zero-order valence-electron chi connectivity index (χ0n) is 16.7. The van der Waals surface area contributed by atoms with E-state index in [9.17, 15) is 5.11 Å². The summed E-state index contributed by atoms with van der Waals surface area (Å²) >= 11 is 3.01. The van der Waals surface area contributed by atoms with E-state index >= 15 is 0 Å². The van der Waals surface area contributed by atoms with E-state index in [0.29, 0.717) is 12.3 Å². The van der Waals surface area contributed by atoms with Crippen LogP contribution in [0.3, 0.4) is 0 Å². The number of anilines is 3. The summed E-state index contributed by atoms with van der Waals surface area (Å²) in [6.45, 7) is 0.425. The molecule has 4 rings (SSSR count). The Bertz CT molecular complexity index is 1110. The topological polar surface area (TPSA) is 86.3 Å². The van der Waals surface area contributed by atoms with Gasteiger partial charge in [-0.25, -0.2) is 0 Å². The summed E-state index contributed by atoms with van der Waals surface area (Å²) < 4.78 is 6.14. The van der Waals surface area contributed by atoms with Crippen LogP contribution in [0.25, 0.3) is 10.9 Å². The Morgan fingerprint density at radius 1 is 1.20 bits per heavy atom. The molecule has 3 N–H and O–H groups in total. The Balaban J connectivity index is 1.33. The smallest absolute Gasteiger partial charge is 0.213 e. The van der Waals surface area contributed by atoms with Crippen molar-refractivity contribution in [2.24, 2.45) is 0 Å². The number of thioether (sulfide) groups is 1. The van der Waals surface area contributed by atoms with Crippen molar-refractivity contribution in [1.82, 2.24) is 15.2 Å². The largest absolute Gasteiger partial charge is 0.495 e. The molecule has 0 saturated heterocycles. The number of rotatable bonds is 9. The molecule has 156 valence electrons. The summed E-state index contributed by atoms with van der Waals surface area (Å²) in [4.78, 5) is 5.31. The van der Waals surface area contributed by atoms with Crippen LogP contribution >= 0.6 is 23.1 Å². The van der Waals surface area contributed by atoms with Crippen LogP contribution in [0.15, 0.2) is 59.1 Å². The number of aliphatic hydroxyl groups excluding tert-OH is 1. The second-order valence-electron chi connectivity index (χ2n) is 6.68. The molecule has 2 aromatic heterocycles. The summed E-state index contributed by atoms with van der Waals surface area (Å²) in [5, 5.41) is 24.1. The molecular formula is C21H23N5O2S2. The summed E-state index contributed by atoms with van der Waals surface area (Å²) in [6, 6.07) is 15.8. The number of aliphatic hydroxyl groups is 1. The number of para-hydroxylation sites is 3. The maximum absolute atomic E-state index is 10.3. The van der Waals surface area contributed by atoms with E-state index < -0.39 is 6.10 Å². The first-order valence-corrected chi connectivity index (χ1v) is 11.3. The van der Waals surface area contributed by atoms with Gasteiger partial charge < -0.3 is 25.0 Å². The Labute approximate surface area is 183 Å². The van der Waals surface area contributed by atoms with Crippen LogP contribution in [0.4, 0.5) is 16.5 Å². The molecule has 7 nitrogen and oxygen atoms in total. The van der Waals surface area contributed by atoms with E-state index in [4.69, 9.17) is 4.74 Å². The van der Waals surface area contributed by atoms with E-state index in [-0.39, 0.29) is 0 Å². The minimum Gasteiger partial charge on any atom is -0.495 e. The third kappa shape index (κ3) is 4.53. The lowest BCUT2D eigenvalue weighted by Gasteiger charge is -2.14. The molecule has 0 aliphatic heterocycles.